The van der Waals surface area contributed by atoms with E-state index in [4.69, 9.17) is 0 Å². The summed E-state index contributed by atoms with van der Waals surface area (Å²) >= 11 is 7.01. The molecular formula is C15H18Br2N4. The zero-order chi connectivity index (χ0) is 15.4. The molecule has 2 aromatic rings. The van der Waals surface area contributed by atoms with Crippen LogP contribution in [0.1, 0.15) is 24.7 Å². The van der Waals surface area contributed by atoms with E-state index in [2.05, 4.69) is 59.4 Å². The van der Waals surface area contributed by atoms with Crippen molar-refractivity contribution in [2.24, 2.45) is 0 Å². The number of halogens is 2. The molecule has 2 N–H and O–H groups in total. The molecule has 0 saturated carbocycles. The van der Waals surface area contributed by atoms with E-state index in [0.29, 0.717) is 0 Å². The van der Waals surface area contributed by atoms with Gasteiger partial charge in [0.05, 0.1) is 5.69 Å². The number of hydrogen-bond acceptors (Lipinski definition) is 4. The summed E-state index contributed by atoms with van der Waals surface area (Å²) in [7, 11) is 0. The number of aromatic nitrogens is 2. The average Bonchev–Trinajstić information content (AvgIpc) is 2.43. The van der Waals surface area contributed by atoms with Gasteiger partial charge in [-0.25, -0.2) is 9.97 Å². The summed E-state index contributed by atoms with van der Waals surface area (Å²) < 4.78 is 2.01. The Bertz CT molecular complexity index is 644. The molecule has 112 valence electrons. The van der Waals surface area contributed by atoms with Gasteiger partial charge in [-0.05, 0) is 54.4 Å². The first-order valence-electron chi connectivity index (χ1n) is 6.82. The lowest BCUT2D eigenvalue weighted by Gasteiger charge is -2.15. The van der Waals surface area contributed by atoms with Gasteiger partial charge < -0.3 is 10.6 Å². The van der Waals surface area contributed by atoms with Crippen LogP contribution < -0.4 is 10.6 Å². The molecule has 0 bridgehead atoms. The molecule has 0 radical (unpaired) electrons. The highest BCUT2D eigenvalue weighted by Gasteiger charge is 2.10. The second kappa shape index (κ2) is 7.22. The lowest BCUT2D eigenvalue weighted by molar-refractivity contribution is 0.948. The van der Waals surface area contributed by atoms with Crippen molar-refractivity contribution >= 4 is 49.2 Å². The van der Waals surface area contributed by atoms with Crippen LogP contribution in [0.2, 0.25) is 0 Å². The van der Waals surface area contributed by atoms with Gasteiger partial charge in [-0.3, -0.25) is 0 Å². The lowest BCUT2D eigenvalue weighted by atomic mass is 10.2. The van der Waals surface area contributed by atoms with E-state index in [1.54, 1.807) is 0 Å². The van der Waals surface area contributed by atoms with Gasteiger partial charge >= 0.3 is 0 Å². The first-order valence-corrected chi connectivity index (χ1v) is 8.41. The van der Waals surface area contributed by atoms with Crippen LogP contribution in [0.4, 0.5) is 17.3 Å². The third-order valence-corrected chi connectivity index (χ3v) is 4.13. The van der Waals surface area contributed by atoms with Gasteiger partial charge in [0.25, 0.3) is 0 Å². The summed E-state index contributed by atoms with van der Waals surface area (Å²) in [6, 6.07) is 6.00. The van der Waals surface area contributed by atoms with Crippen molar-refractivity contribution in [2.75, 3.05) is 17.2 Å². The Hall–Kier alpha value is -1.14. The second-order valence-electron chi connectivity index (χ2n) is 4.77. The fraction of sp³-hybridized carbons (Fsp3) is 0.333. The molecule has 0 atom stereocenters. The van der Waals surface area contributed by atoms with E-state index in [0.717, 1.165) is 50.6 Å². The van der Waals surface area contributed by atoms with Crippen molar-refractivity contribution in [1.82, 2.24) is 9.97 Å². The smallest absolute Gasteiger partial charge is 0.139 e. The van der Waals surface area contributed by atoms with Gasteiger partial charge in [-0.2, -0.15) is 0 Å². The third-order valence-electron chi connectivity index (χ3n) is 2.98. The summed E-state index contributed by atoms with van der Waals surface area (Å²) in [5.74, 6) is 2.46. The maximum Gasteiger partial charge on any atom is 0.139 e. The van der Waals surface area contributed by atoms with Crippen LogP contribution in [0.25, 0.3) is 0 Å². The van der Waals surface area contributed by atoms with E-state index in [-0.39, 0.29) is 0 Å². The molecule has 0 aliphatic rings. The van der Waals surface area contributed by atoms with Gasteiger partial charge in [0.15, 0.2) is 0 Å². The maximum absolute atomic E-state index is 4.51. The van der Waals surface area contributed by atoms with Gasteiger partial charge in [-0.1, -0.05) is 22.9 Å². The van der Waals surface area contributed by atoms with E-state index in [9.17, 15) is 0 Å². The van der Waals surface area contributed by atoms with E-state index >= 15 is 0 Å². The predicted molar refractivity (Wildman–Crippen MR) is 95.4 cm³/mol. The highest BCUT2D eigenvalue weighted by molar-refractivity contribution is 9.11. The van der Waals surface area contributed by atoms with Crippen LogP contribution in [0.5, 0.6) is 0 Å². The normalized spacial score (nSPS) is 10.5. The van der Waals surface area contributed by atoms with Gasteiger partial charge in [0, 0.05) is 21.1 Å². The van der Waals surface area contributed by atoms with E-state index < -0.39 is 0 Å². The van der Waals surface area contributed by atoms with Crippen LogP contribution >= 0.6 is 31.9 Å². The molecule has 1 heterocycles. The number of nitrogens with zero attached hydrogens (tertiary/aromatic N) is 2. The molecular weight excluding hydrogens is 396 g/mol. The first-order chi connectivity index (χ1) is 10.0. The zero-order valence-electron chi connectivity index (χ0n) is 12.3. The van der Waals surface area contributed by atoms with Crippen LogP contribution in [-0.2, 0) is 0 Å². The molecule has 1 aromatic heterocycles. The highest BCUT2D eigenvalue weighted by Crippen LogP contribution is 2.30. The van der Waals surface area contributed by atoms with Crippen molar-refractivity contribution in [3.05, 3.63) is 38.5 Å². The Morgan fingerprint density at radius 1 is 1.10 bits per heavy atom. The third kappa shape index (κ3) is 4.17. The second-order valence-corrected chi connectivity index (χ2v) is 6.54. The fourth-order valence-corrected chi connectivity index (χ4v) is 3.03. The SMILES string of the molecule is CCCNc1nc(C)nc(Nc2ccc(Br)cc2Br)c1C. The van der Waals surface area contributed by atoms with Crippen LogP contribution in [0.3, 0.4) is 0 Å². The molecule has 0 spiro atoms. The van der Waals surface area contributed by atoms with Gasteiger partial charge in [-0.15, -0.1) is 0 Å². The molecule has 4 nitrogen and oxygen atoms in total. The standard InChI is InChI=1S/C15H18Br2N4/c1-4-7-18-14-9(2)15(20-10(3)19-14)21-13-6-5-11(16)8-12(13)17/h5-6,8H,4,7H2,1-3H3,(H2,18,19,20,21). The number of anilines is 3. The van der Waals surface area contributed by atoms with Crippen LogP contribution in [0, 0.1) is 13.8 Å². The Balaban J connectivity index is 2.32. The lowest BCUT2D eigenvalue weighted by Crippen LogP contribution is -2.09. The summed E-state index contributed by atoms with van der Waals surface area (Å²) in [5, 5.41) is 6.71. The van der Waals surface area contributed by atoms with Crippen molar-refractivity contribution in [3.63, 3.8) is 0 Å². The molecule has 21 heavy (non-hydrogen) atoms. The Morgan fingerprint density at radius 2 is 1.81 bits per heavy atom. The van der Waals surface area contributed by atoms with Crippen LogP contribution in [-0.4, -0.2) is 16.5 Å². The Kier molecular flexibility index (Phi) is 5.58. The van der Waals surface area contributed by atoms with E-state index in [1.165, 1.54) is 0 Å². The fourth-order valence-electron chi connectivity index (χ4n) is 1.88. The number of hydrogen-bond donors (Lipinski definition) is 2. The average molecular weight is 414 g/mol. The Morgan fingerprint density at radius 3 is 2.48 bits per heavy atom. The largest absolute Gasteiger partial charge is 0.370 e. The quantitative estimate of drug-likeness (QED) is 0.708. The van der Waals surface area contributed by atoms with Crippen molar-refractivity contribution < 1.29 is 0 Å². The van der Waals surface area contributed by atoms with Crippen molar-refractivity contribution in [1.29, 1.82) is 0 Å². The Labute approximate surface area is 142 Å². The van der Waals surface area contributed by atoms with Crippen molar-refractivity contribution in [2.45, 2.75) is 27.2 Å². The monoisotopic (exact) mass is 412 g/mol. The molecule has 0 fully saturated rings. The van der Waals surface area contributed by atoms with E-state index in [1.807, 2.05) is 32.0 Å². The van der Waals surface area contributed by atoms with Gasteiger partial charge in [0.2, 0.25) is 0 Å². The molecule has 0 aliphatic heterocycles. The predicted octanol–water partition coefficient (Wildman–Crippen LogP) is 5.18. The minimum atomic E-state index is 0.745. The number of rotatable bonds is 5. The van der Waals surface area contributed by atoms with Gasteiger partial charge in [0.1, 0.15) is 17.5 Å². The minimum Gasteiger partial charge on any atom is -0.370 e. The van der Waals surface area contributed by atoms with Crippen molar-refractivity contribution in [3.8, 4) is 0 Å². The summed E-state index contributed by atoms with van der Waals surface area (Å²) in [4.78, 5) is 8.97. The number of nitrogens with one attached hydrogen (secondary N) is 2. The molecule has 2 rings (SSSR count). The highest BCUT2D eigenvalue weighted by atomic mass is 79.9. The topological polar surface area (TPSA) is 49.8 Å². The molecule has 1 aromatic carbocycles. The molecule has 0 unspecified atom stereocenters. The number of aryl methyl sites for hydroxylation is 1. The maximum atomic E-state index is 4.51. The molecule has 0 saturated heterocycles. The summed E-state index contributed by atoms with van der Waals surface area (Å²) in [5.41, 5.74) is 1.99. The molecule has 0 amide bonds. The first kappa shape index (κ1) is 16.2. The molecule has 0 aliphatic carbocycles. The zero-order valence-corrected chi connectivity index (χ0v) is 15.5. The minimum absolute atomic E-state index is 0.745. The molecule has 6 heteroatoms. The summed E-state index contributed by atoms with van der Waals surface area (Å²) in [6.45, 7) is 6.96. The number of benzene rings is 1. The summed E-state index contributed by atoms with van der Waals surface area (Å²) in [6.07, 6.45) is 1.06. The van der Waals surface area contributed by atoms with Crippen LogP contribution in [0.15, 0.2) is 27.1 Å².